The van der Waals surface area contributed by atoms with Gasteiger partial charge in [-0.05, 0) is 48.9 Å². The molecule has 0 fully saturated rings. The number of ether oxygens (including phenoxy) is 2. The summed E-state index contributed by atoms with van der Waals surface area (Å²) in [6, 6.07) is 11.4. The van der Waals surface area contributed by atoms with Crippen molar-refractivity contribution < 1.29 is 27.5 Å². The maximum atomic E-state index is 12.3. The minimum Gasteiger partial charge on any atom is -0.487 e. The van der Waals surface area contributed by atoms with Crippen molar-refractivity contribution in [3.63, 3.8) is 0 Å². The van der Waals surface area contributed by atoms with Gasteiger partial charge in [0.05, 0.1) is 28.6 Å². The Hall–Kier alpha value is -3.88. The van der Waals surface area contributed by atoms with Crippen molar-refractivity contribution in [3.05, 3.63) is 59.9 Å². The highest BCUT2D eigenvalue weighted by atomic mass is 32.2. The number of carbonyl (C=O) groups is 2. The normalized spacial score (nSPS) is 11.4. The Kier molecular flexibility index (Phi) is 7.57. The van der Waals surface area contributed by atoms with Gasteiger partial charge < -0.3 is 14.8 Å². The van der Waals surface area contributed by atoms with Gasteiger partial charge in [0.25, 0.3) is 10.0 Å². The van der Waals surface area contributed by atoms with E-state index >= 15 is 0 Å². The monoisotopic (exact) mass is 530 g/mol. The third kappa shape index (κ3) is 6.41. The topological polar surface area (TPSA) is 168 Å². The Morgan fingerprint density at radius 1 is 1.17 bits per heavy atom. The number of nitrogens with zero attached hydrogens (tertiary/aromatic N) is 4. The number of nitrogens with one attached hydrogen (secondary N) is 1. The molecule has 1 amide bonds. The number of hydrogen-bond acceptors (Lipinski definition) is 10. The fraction of sp³-hybridized carbons (Fsp3) is 0.227. The molecule has 2 heterocycles. The van der Waals surface area contributed by atoms with Gasteiger partial charge in [-0.3, -0.25) is 4.79 Å². The van der Waals surface area contributed by atoms with Crippen LogP contribution in [0.15, 0.2) is 53.0 Å². The number of esters is 1. The summed E-state index contributed by atoms with van der Waals surface area (Å²) in [4.78, 5) is 28.2. The van der Waals surface area contributed by atoms with Crippen molar-refractivity contribution in [2.24, 2.45) is 5.14 Å². The molecule has 0 unspecified atom stereocenters. The lowest BCUT2D eigenvalue weighted by Gasteiger charge is -2.07. The molecule has 0 aliphatic rings. The summed E-state index contributed by atoms with van der Waals surface area (Å²) >= 11 is 0.953. The van der Waals surface area contributed by atoms with Crippen LogP contribution in [-0.2, 0) is 32.7 Å². The number of thiazole rings is 1. The number of sulfonamides is 1. The lowest BCUT2D eigenvalue weighted by Crippen LogP contribution is -2.19. The Balaban J connectivity index is 1.30. The SMILES string of the molecule is CCCOC(=O)c1ccc(NC(=O)Cn2cc(COc3ccc4nc(S(N)(=O)=O)sc4c3)nn2)cc1. The van der Waals surface area contributed by atoms with Crippen molar-refractivity contribution in [1.29, 1.82) is 0 Å². The zero-order chi connectivity index (χ0) is 25.7. The number of nitrogens with two attached hydrogens (primary N) is 1. The molecule has 2 aromatic heterocycles. The number of fused-ring (bicyclic) bond motifs is 1. The van der Waals surface area contributed by atoms with E-state index in [1.165, 1.54) is 4.68 Å². The van der Waals surface area contributed by atoms with Gasteiger partial charge in [-0.15, -0.1) is 16.4 Å². The minimum atomic E-state index is -3.87. The summed E-state index contributed by atoms with van der Waals surface area (Å²) in [5.74, 6) is -0.247. The molecule has 3 N–H and O–H groups in total. The van der Waals surface area contributed by atoms with E-state index in [0.29, 0.717) is 39.5 Å². The fourth-order valence-corrected chi connectivity index (χ4v) is 4.73. The predicted molar refractivity (Wildman–Crippen MR) is 131 cm³/mol. The molecule has 0 aliphatic carbocycles. The lowest BCUT2D eigenvalue weighted by molar-refractivity contribution is -0.116. The van der Waals surface area contributed by atoms with Crippen molar-refractivity contribution in [3.8, 4) is 5.75 Å². The molecule has 0 saturated heterocycles. The minimum absolute atomic E-state index is 0.0730. The van der Waals surface area contributed by atoms with E-state index in [1.54, 1.807) is 48.7 Å². The van der Waals surface area contributed by atoms with Crippen molar-refractivity contribution >= 4 is 49.1 Å². The standard InChI is InChI=1S/C22H22N6O6S2/c1-2-9-33-21(30)14-3-5-15(6-4-14)24-20(29)12-28-11-16(26-27-28)13-34-17-7-8-18-19(10-17)35-22(25-18)36(23,31)32/h3-8,10-11H,2,9,12-13H2,1H3,(H,24,29)(H2,23,31,32). The van der Waals surface area contributed by atoms with E-state index in [2.05, 4.69) is 20.6 Å². The zero-order valence-electron chi connectivity index (χ0n) is 19.1. The molecule has 0 saturated carbocycles. The first kappa shape index (κ1) is 25.2. The fourth-order valence-electron chi connectivity index (χ4n) is 3.05. The molecule has 12 nitrogen and oxygen atoms in total. The van der Waals surface area contributed by atoms with Crippen molar-refractivity contribution in [2.45, 2.75) is 30.8 Å². The van der Waals surface area contributed by atoms with Gasteiger partial charge in [-0.2, -0.15) is 0 Å². The van der Waals surface area contributed by atoms with E-state index in [0.717, 1.165) is 17.8 Å². The zero-order valence-corrected chi connectivity index (χ0v) is 20.7. The quantitative estimate of drug-likeness (QED) is 0.292. The van der Waals surface area contributed by atoms with Crippen LogP contribution in [0, 0.1) is 0 Å². The molecule has 14 heteroatoms. The van der Waals surface area contributed by atoms with Gasteiger partial charge in [0.2, 0.25) is 10.2 Å². The second-order valence-corrected chi connectivity index (χ2v) is 10.4. The smallest absolute Gasteiger partial charge is 0.338 e. The van der Waals surface area contributed by atoms with Crippen LogP contribution in [0.1, 0.15) is 29.4 Å². The Bertz CT molecular complexity index is 1500. The van der Waals surface area contributed by atoms with Gasteiger partial charge in [0.15, 0.2) is 0 Å². The van der Waals surface area contributed by atoms with E-state index in [9.17, 15) is 18.0 Å². The molecule has 2 aromatic carbocycles. The Morgan fingerprint density at radius 2 is 1.94 bits per heavy atom. The highest BCUT2D eigenvalue weighted by Crippen LogP contribution is 2.28. The summed E-state index contributed by atoms with van der Waals surface area (Å²) in [6.45, 7) is 2.28. The number of aromatic nitrogens is 4. The van der Waals surface area contributed by atoms with Crippen LogP contribution < -0.4 is 15.2 Å². The molecule has 0 bridgehead atoms. The molecule has 0 spiro atoms. The maximum Gasteiger partial charge on any atom is 0.338 e. The average molecular weight is 531 g/mol. The number of benzene rings is 2. The highest BCUT2D eigenvalue weighted by Gasteiger charge is 2.15. The number of primary sulfonamides is 1. The van der Waals surface area contributed by atoms with E-state index in [4.69, 9.17) is 14.6 Å². The van der Waals surface area contributed by atoms with E-state index < -0.39 is 16.0 Å². The Labute approximate surface area is 210 Å². The van der Waals surface area contributed by atoms with Crippen LogP contribution in [0.4, 0.5) is 5.69 Å². The van der Waals surface area contributed by atoms with Crippen LogP contribution in [0.2, 0.25) is 0 Å². The number of amides is 1. The number of anilines is 1. The number of hydrogen-bond donors (Lipinski definition) is 2. The molecule has 0 atom stereocenters. The van der Waals surface area contributed by atoms with Crippen LogP contribution in [0.3, 0.4) is 0 Å². The molecule has 0 aliphatic heterocycles. The summed E-state index contributed by atoms with van der Waals surface area (Å²) < 4.78 is 35.6. The molecular weight excluding hydrogens is 508 g/mol. The molecule has 36 heavy (non-hydrogen) atoms. The first-order valence-electron chi connectivity index (χ1n) is 10.7. The summed E-state index contributed by atoms with van der Waals surface area (Å²) in [5, 5.41) is 15.8. The maximum absolute atomic E-state index is 12.3. The van der Waals surface area contributed by atoms with Crippen LogP contribution in [-0.4, -0.2) is 46.9 Å². The molecule has 0 radical (unpaired) electrons. The number of carbonyl (C=O) groups excluding carboxylic acids is 2. The molecule has 188 valence electrons. The van der Waals surface area contributed by atoms with Crippen molar-refractivity contribution in [2.75, 3.05) is 11.9 Å². The van der Waals surface area contributed by atoms with Crippen molar-refractivity contribution in [1.82, 2.24) is 20.0 Å². The second-order valence-electron chi connectivity index (χ2n) is 7.61. The molecule has 4 rings (SSSR count). The molecule has 4 aromatic rings. The lowest BCUT2D eigenvalue weighted by atomic mass is 10.2. The van der Waals surface area contributed by atoms with Gasteiger partial charge in [-0.25, -0.2) is 28.0 Å². The largest absolute Gasteiger partial charge is 0.487 e. The first-order chi connectivity index (χ1) is 17.2. The van der Waals surface area contributed by atoms with Crippen LogP contribution in [0.5, 0.6) is 5.75 Å². The first-order valence-corrected chi connectivity index (χ1v) is 13.1. The van der Waals surface area contributed by atoms with E-state index in [-0.39, 0.29) is 23.4 Å². The third-order valence-corrected chi connectivity index (χ3v) is 7.04. The molecular formula is C22H22N6O6S2. The summed E-state index contributed by atoms with van der Waals surface area (Å²) in [7, 11) is -3.87. The second kappa shape index (κ2) is 10.8. The number of rotatable bonds is 10. The Morgan fingerprint density at radius 3 is 2.67 bits per heavy atom. The van der Waals surface area contributed by atoms with Gasteiger partial charge >= 0.3 is 5.97 Å². The van der Waals surface area contributed by atoms with E-state index in [1.807, 2.05) is 6.92 Å². The van der Waals surface area contributed by atoms with Gasteiger partial charge in [-0.1, -0.05) is 12.1 Å². The summed E-state index contributed by atoms with van der Waals surface area (Å²) in [6.07, 6.45) is 2.32. The predicted octanol–water partition coefficient (Wildman–Crippen LogP) is 2.32. The highest BCUT2D eigenvalue weighted by molar-refractivity contribution is 7.91. The van der Waals surface area contributed by atoms with Crippen LogP contribution in [0.25, 0.3) is 10.2 Å². The summed E-state index contributed by atoms with van der Waals surface area (Å²) in [5.41, 5.74) is 1.92. The van der Waals surface area contributed by atoms with Gasteiger partial charge in [0, 0.05) is 5.69 Å². The van der Waals surface area contributed by atoms with Gasteiger partial charge in [0.1, 0.15) is 24.6 Å². The third-order valence-electron chi connectivity index (χ3n) is 4.70. The average Bonchev–Trinajstić information content (AvgIpc) is 3.48. The van der Waals surface area contributed by atoms with Crippen LogP contribution >= 0.6 is 11.3 Å².